The normalized spacial score (nSPS) is 10.6. The molecule has 0 heterocycles. The molecule has 0 atom stereocenters. The number of nitrogens with one attached hydrogen (secondary N) is 1. The fourth-order valence-corrected chi connectivity index (χ4v) is 3.58. The highest BCUT2D eigenvalue weighted by molar-refractivity contribution is 9.10. The lowest BCUT2D eigenvalue weighted by molar-refractivity contribution is 0.0697. The molecule has 0 saturated heterocycles. The zero-order chi connectivity index (χ0) is 22.4. The van der Waals surface area contributed by atoms with E-state index in [2.05, 4.69) is 21.2 Å². The Balaban J connectivity index is 1.75. The van der Waals surface area contributed by atoms with Crippen LogP contribution in [0.5, 0.6) is 11.5 Å². The first-order valence-corrected chi connectivity index (χ1v) is 10.6. The third kappa shape index (κ3) is 5.89. The lowest BCUT2D eigenvalue weighted by atomic mass is 10.1. The summed E-state index contributed by atoms with van der Waals surface area (Å²) in [6.07, 6.45) is 0. The number of carboxylic acids is 1. The van der Waals surface area contributed by atoms with Crippen molar-refractivity contribution in [2.75, 3.05) is 11.9 Å². The molecule has 0 aliphatic rings. The van der Waals surface area contributed by atoms with E-state index in [1.165, 1.54) is 12.1 Å². The van der Waals surface area contributed by atoms with E-state index >= 15 is 0 Å². The van der Waals surface area contributed by atoms with Crippen LogP contribution >= 0.6 is 27.5 Å². The zero-order valence-electron chi connectivity index (χ0n) is 16.6. The largest absolute Gasteiger partial charge is 0.490 e. The topological polar surface area (TPSA) is 67.8 Å². The van der Waals surface area contributed by atoms with Crippen LogP contribution in [0.15, 0.2) is 59.1 Å². The smallest absolute Gasteiger partial charge is 0.337 e. The molecule has 3 aromatic rings. The van der Waals surface area contributed by atoms with Crippen LogP contribution < -0.4 is 14.8 Å². The Kier molecular flexibility index (Phi) is 7.76. The molecule has 0 spiro atoms. The number of carboxylic acid groups (broad SMARTS) is 1. The Hall–Kier alpha value is -2.77. The molecule has 2 N–H and O–H groups in total. The van der Waals surface area contributed by atoms with Crippen molar-refractivity contribution < 1.29 is 23.8 Å². The number of hydrogen-bond acceptors (Lipinski definition) is 4. The molecule has 0 amide bonds. The number of aromatic carboxylic acids is 1. The molecular weight excluding hydrogens is 489 g/mol. The van der Waals surface area contributed by atoms with Crippen LogP contribution in [0.4, 0.5) is 10.1 Å². The number of anilines is 1. The molecule has 162 valence electrons. The second-order valence-corrected chi connectivity index (χ2v) is 7.82. The molecule has 31 heavy (non-hydrogen) atoms. The summed E-state index contributed by atoms with van der Waals surface area (Å²) in [7, 11) is 0. The van der Waals surface area contributed by atoms with Crippen molar-refractivity contribution in [1.29, 1.82) is 0 Å². The summed E-state index contributed by atoms with van der Waals surface area (Å²) in [4.78, 5) is 11.1. The maximum Gasteiger partial charge on any atom is 0.337 e. The highest BCUT2D eigenvalue weighted by Gasteiger charge is 2.13. The first kappa shape index (κ1) is 22.9. The van der Waals surface area contributed by atoms with Crippen molar-refractivity contribution in [2.45, 2.75) is 20.1 Å². The Morgan fingerprint density at radius 2 is 1.84 bits per heavy atom. The number of hydrogen-bond donors (Lipinski definition) is 2. The van der Waals surface area contributed by atoms with E-state index in [-0.39, 0.29) is 23.0 Å². The van der Waals surface area contributed by atoms with Crippen molar-refractivity contribution >= 4 is 39.2 Å². The number of rotatable bonds is 9. The molecular formula is C23H20BrClFNO4. The van der Waals surface area contributed by atoms with Gasteiger partial charge in [-0.25, -0.2) is 9.18 Å². The van der Waals surface area contributed by atoms with Crippen molar-refractivity contribution in [2.24, 2.45) is 0 Å². The van der Waals surface area contributed by atoms with Crippen LogP contribution in [0.1, 0.15) is 28.4 Å². The van der Waals surface area contributed by atoms with Crippen molar-refractivity contribution in [3.63, 3.8) is 0 Å². The average Bonchev–Trinajstić information content (AvgIpc) is 2.73. The minimum absolute atomic E-state index is 0.0448. The van der Waals surface area contributed by atoms with Gasteiger partial charge in [0.1, 0.15) is 12.4 Å². The Labute approximate surface area is 192 Å². The second-order valence-electron chi connectivity index (χ2n) is 6.56. The van der Waals surface area contributed by atoms with Crippen LogP contribution in [-0.4, -0.2) is 17.7 Å². The van der Waals surface area contributed by atoms with Gasteiger partial charge in [0.15, 0.2) is 11.5 Å². The van der Waals surface area contributed by atoms with E-state index in [1.54, 1.807) is 36.4 Å². The fraction of sp³-hybridized carbons (Fsp3) is 0.174. The van der Waals surface area contributed by atoms with E-state index < -0.39 is 5.97 Å². The Bertz CT molecular complexity index is 1090. The Morgan fingerprint density at radius 1 is 1.10 bits per heavy atom. The molecule has 5 nitrogen and oxygen atoms in total. The number of ether oxygens (including phenoxy) is 2. The van der Waals surface area contributed by atoms with Gasteiger partial charge in [-0.05, 0) is 48.9 Å². The van der Waals surface area contributed by atoms with Crippen LogP contribution in [0.2, 0.25) is 5.02 Å². The molecule has 0 saturated carbocycles. The van der Waals surface area contributed by atoms with Crippen molar-refractivity contribution in [1.82, 2.24) is 0 Å². The predicted octanol–water partition coefficient (Wildman–Crippen LogP) is 6.53. The molecule has 8 heteroatoms. The van der Waals surface area contributed by atoms with Gasteiger partial charge in [0, 0.05) is 22.3 Å². The SMILES string of the molecule is CCOc1cc(CNc2ccc(C(=O)O)c(Cl)c2)c(Br)cc1OCc1ccccc1F. The van der Waals surface area contributed by atoms with Crippen molar-refractivity contribution in [3.05, 3.63) is 86.6 Å². The number of halogens is 3. The van der Waals surface area contributed by atoms with E-state index in [0.717, 1.165) is 10.0 Å². The molecule has 0 radical (unpaired) electrons. The third-order valence-corrected chi connectivity index (χ3v) is 5.49. The van der Waals surface area contributed by atoms with Gasteiger partial charge >= 0.3 is 5.97 Å². The summed E-state index contributed by atoms with van der Waals surface area (Å²) in [6.45, 7) is 2.81. The highest BCUT2D eigenvalue weighted by Crippen LogP contribution is 2.35. The first-order chi connectivity index (χ1) is 14.9. The van der Waals surface area contributed by atoms with Crippen LogP contribution in [0.25, 0.3) is 0 Å². The van der Waals surface area contributed by atoms with E-state index in [1.807, 2.05) is 13.0 Å². The first-order valence-electron chi connectivity index (χ1n) is 9.47. The van der Waals surface area contributed by atoms with E-state index in [4.69, 9.17) is 26.2 Å². The van der Waals surface area contributed by atoms with E-state index in [0.29, 0.717) is 35.9 Å². The van der Waals surface area contributed by atoms with Gasteiger partial charge < -0.3 is 19.9 Å². The third-order valence-electron chi connectivity index (χ3n) is 4.44. The summed E-state index contributed by atoms with van der Waals surface area (Å²) >= 11 is 9.57. The molecule has 0 aliphatic carbocycles. The molecule has 0 aliphatic heterocycles. The van der Waals surface area contributed by atoms with Gasteiger partial charge in [0.25, 0.3) is 0 Å². The maximum absolute atomic E-state index is 13.9. The standard InChI is InChI=1S/C23H20BrClFNO4/c1-2-30-21-9-15(12-27-16-7-8-17(23(28)29)19(25)10-16)18(24)11-22(21)31-13-14-5-3-4-6-20(14)26/h3-11,27H,2,12-13H2,1H3,(H,28,29). The van der Waals surface area contributed by atoms with Gasteiger partial charge in [0.05, 0.1) is 17.2 Å². The van der Waals surface area contributed by atoms with Crippen molar-refractivity contribution in [3.8, 4) is 11.5 Å². The molecule has 0 unspecified atom stereocenters. The molecule has 0 aromatic heterocycles. The lowest BCUT2D eigenvalue weighted by Crippen LogP contribution is -2.05. The molecule has 0 fully saturated rings. The average molecular weight is 509 g/mol. The summed E-state index contributed by atoms with van der Waals surface area (Å²) in [5.74, 6) is -0.368. The van der Waals surface area contributed by atoms with E-state index in [9.17, 15) is 9.18 Å². The molecule has 3 rings (SSSR count). The van der Waals surface area contributed by atoms with Gasteiger partial charge in [-0.1, -0.05) is 45.7 Å². The zero-order valence-corrected chi connectivity index (χ0v) is 19.0. The predicted molar refractivity (Wildman–Crippen MR) is 122 cm³/mol. The fourth-order valence-electron chi connectivity index (χ4n) is 2.86. The number of benzene rings is 3. The number of carbonyl (C=O) groups is 1. The highest BCUT2D eigenvalue weighted by atomic mass is 79.9. The summed E-state index contributed by atoms with van der Waals surface area (Å²) in [6, 6.07) is 14.7. The molecule has 0 bridgehead atoms. The summed E-state index contributed by atoms with van der Waals surface area (Å²) in [5.41, 5.74) is 2.07. The van der Waals surface area contributed by atoms with Crippen LogP contribution in [-0.2, 0) is 13.2 Å². The maximum atomic E-state index is 13.9. The van der Waals surface area contributed by atoms with Gasteiger partial charge in [-0.3, -0.25) is 0 Å². The second kappa shape index (κ2) is 10.5. The summed E-state index contributed by atoms with van der Waals surface area (Å²) in [5, 5.41) is 12.4. The monoisotopic (exact) mass is 507 g/mol. The summed E-state index contributed by atoms with van der Waals surface area (Å²) < 4.78 is 26.2. The minimum atomic E-state index is -1.08. The quantitative estimate of drug-likeness (QED) is 0.344. The molecule has 3 aromatic carbocycles. The van der Waals surface area contributed by atoms with Crippen LogP contribution in [0.3, 0.4) is 0 Å². The van der Waals surface area contributed by atoms with Gasteiger partial charge in [-0.15, -0.1) is 0 Å². The minimum Gasteiger partial charge on any atom is -0.490 e. The van der Waals surface area contributed by atoms with Crippen LogP contribution in [0, 0.1) is 5.82 Å². The van der Waals surface area contributed by atoms with Gasteiger partial charge in [-0.2, -0.15) is 0 Å². The Morgan fingerprint density at radius 3 is 2.52 bits per heavy atom. The lowest BCUT2D eigenvalue weighted by Gasteiger charge is -2.16. The van der Waals surface area contributed by atoms with Gasteiger partial charge in [0.2, 0.25) is 0 Å².